The van der Waals surface area contributed by atoms with Gasteiger partial charge in [0.05, 0.1) is 17.4 Å². The first-order chi connectivity index (χ1) is 23.1. The Morgan fingerprint density at radius 3 is 2.51 bits per heavy atom. The van der Waals surface area contributed by atoms with Gasteiger partial charge in [0.1, 0.15) is 11.4 Å². The van der Waals surface area contributed by atoms with Crippen LogP contribution in [0.5, 0.6) is 0 Å². The third-order valence-corrected chi connectivity index (χ3v) is 9.75. The van der Waals surface area contributed by atoms with Crippen molar-refractivity contribution >= 4 is 10.9 Å². The summed E-state index contributed by atoms with van der Waals surface area (Å²) in [5.41, 5.74) is 6.23. The zero-order chi connectivity index (χ0) is 31.8. The van der Waals surface area contributed by atoms with Crippen LogP contribution in [0.15, 0.2) is 102 Å². The Bertz CT molecular complexity index is 2060. The smallest absolute Gasteiger partial charge is 0.261 e. The molecule has 4 aromatic carbocycles. The molecule has 8 rings (SSSR count). The third kappa shape index (κ3) is 5.35. The van der Waals surface area contributed by atoms with Gasteiger partial charge in [-0.2, -0.15) is 5.06 Å². The van der Waals surface area contributed by atoms with Gasteiger partial charge in [-0.15, -0.1) is 5.10 Å². The highest BCUT2D eigenvalue weighted by molar-refractivity contribution is 5.81. The predicted octanol–water partition coefficient (Wildman–Crippen LogP) is 6.68. The first kappa shape index (κ1) is 29.4. The van der Waals surface area contributed by atoms with E-state index in [0.717, 1.165) is 89.8 Å². The van der Waals surface area contributed by atoms with Crippen molar-refractivity contribution in [2.75, 3.05) is 6.54 Å². The van der Waals surface area contributed by atoms with Crippen LogP contribution in [-0.4, -0.2) is 47.8 Å². The maximum Gasteiger partial charge on any atom is 0.261 e. The van der Waals surface area contributed by atoms with Gasteiger partial charge in [-0.1, -0.05) is 98.3 Å². The number of hydrogen-bond donors (Lipinski definition) is 1. The van der Waals surface area contributed by atoms with Gasteiger partial charge >= 0.3 is 0 Å². The van der Waals surface area contributed by atoms with Crippen molar-refractivity contribution in [1.82, 2.24) is 35.2 Å². The number of benzene rings is 4. The number of unbranched alkanes of at least 4 members (excludes halogenated alkanes) is 1. The van der Waals surface area contributed by atoms with E-state index in [0.29, 0.717) is 23.8 Å². The van der Waals surface area contributed by atoms with E-state index in [-0.39, 0.29) is 5.56 Å². The lowest BCUT2D eigenvalue weighted by atomic mass is 9.81. The highest BCUT2D eigenvalue weighted by atomic mass is 16.7. The minimum absolute atomic E-state index is 0.0168. The summed E-state index contributed by atoms with van der Waals surface area (Å²) in [6, 6.07) is 33.4. The van der Waals surface area contributed by atoms with Crippen LogP contribution in [0.4, 0.5) is 0 Å². The molecule has 2 fully saturated rings. The Morgan fingerprint density at radius 2 is 1.74 bits per heavy atom. The van der Waals surface area contributed by atoms with Gasteiger partial charge in [-0.05, 0) is 69.6 Å². The molecule has 47 heavy (non-hydrogen) atoms. The number of nitrogens with zero attached hydrogens (tertiary/aromatic N) is 6. The van der Waals surface area contributed by atoms with Gasteiger partial charge in [-0.3, -0.25) is 14.2 Å². The minimum atomic E-state index is -0.632. The molecule has 0 amide bonds. The predicted molar refractivity (Wildman–Crippen MR) is 181 cm³/mol. The lowest BCUT2D eigenvalue weighted by Crippen LogP contribution is -2.31. The molecule has 0 bridgehead atoms. The maximum absolute atomic E-state index is 14.4. The molecule has 0 unspecified atom stereocenters. The molecule has 2 saturated heterocycles. The van der Waals surface area contributed by atoms with Crippen molar-refractivity contribution in [2.24, 2.45) is 0 Å². The lowest BCUT2D eigenvalue weighted by molar-refractivity contribution is -0.183. The number of fused-ring (bicyclic) bond motifs is 2. The van der Waals surface area contributed by atoms with E-state index < -0.39 is 5.60 Å². The number of hydrogen-bond acceptors (Lipinski definition) is 7. The SMILES string of the molecule is CCCCc1nc2ccc([C@]3(c4ccccc4)C[C@H]4CCCN4O3)cc2c(=O)n1Cc1ccc(-c2ccccc2-c2nnn[nH]2)cc1. The summed E-state index contributed by atoms with van der Waals surface area (Å²) in [5.74, 6) is 1.44. The van der Waals surface area contributed by atoms with Crippen molar-refractivity contribution in [1.29, 1.82) is 0 Å². The highest BCUT2D eigenvalue weighted by Crippen LogP contribution is 2.48. The minimum Gasteiger partial charge on any atom is -0.292 e. The number of nitrogens with one attached hydrogen (secondary N) is 1. The Kier molecular flexibility index (Phi) is 7.71. The Labute approximate surface area is 273 Å². The van der Waals surface area contributed by atoms with Gasteiger partial charge in [0.15, 0.2) is 5.82 Å². The van der Waals surface area contributed by atoms with Crippen LogP contribution in [-0.2, 0) is 23.4 Å². The molecule has 2 aliphatic heterocycles. The fraction of sp³-hybridized carbons (Fsp3) is 0.289. The number of tetrazole rings is 1. The number of rotatable bonds is 9. The molecule has 0 spiro atoms. The molecule has 9 heteroatoms. The van der Waals surface area contributed by atoms with Crippen LogP contribution < -0.4 is 5.56 Å². The number of aromatic nitrogens is 6. The fourth-order valence-corrected chi connectivity index (χ4v) is 7.31. The van der Waals surface area contributed by atoms with Gasteiger partial charge in [0, 0.05) is 31.0 Å². The molecule has 6 aromatic rings. The number of hydroxylamine groups is 2. The number of H-pyrrole nitrogens is 1. The Hall–Kier alpha value is -4.99. The zero-order valence-corrected chi connectivity index (χ0v) is 26.5. The van der Waals surface area contributed by atoms with Crippen LogP contribution in [0.2, 0.25) is 0 Å². The third-order valence-electron chi connectivity index (χ3n) is 9.75. The fourth-order valence-electron chi connectivity index (χ4n) is 7.31. The van der Waals surface area contributed by atoms with Crippen LogP contribution in [0.3, 0.4) is 0 Å². The molecular weight excluding hydrogens is 586 g/mol. The lowest BCUT2D eigenvalue weighted by Gasteiger charge is -2.30. The molecule has 2 atom stereocenters. The Balaban J connectivity index is 1.18. The molecule has 1 N–H and O–H groups in total. The summed E-state index contributed by atoms with van der Waals surface area (Å²) in [6.07, 6.45) is 5.86. The van der Waals surface area contributed by atoms with Crippen molar-refractivity contribution in [3.05, 3.63) is 130 Å². The first-order valence-corrected chi connectivity index (χ1v) is 16.6. The second-order valence-electron chi connectivity index (χ2n) is 12.7. The number of aromatic amines is 1. The average Bonchev–Trinajstić information content (AvgIpc) is 3.88. The maximum atomic E-state index is 14.4. The largest absolute Gasteiger partial charge is 0.292 e. The van der Waals surface area contributed by atoms with E-state index in [9.17, 15) is 4.79 Å². The molecule has 9 nitrogen and oxygen atoms in total. The molecule has 0 aliphatic carbocycles. The Morgan fingerprint density at radius 1 is 0.936 bits per heavy atom. The average molecular weight is 624 g/mol. The van der Waals surface area contributed by atoms with E-state index in [1.807, 2.05) is 41.0 Å². The van der Waals surface area contributed by atoms with E-state index in [1.54, 1.807) is 0 Å². The van der Waals surface area contributed by atoms with Gasteiger partial charge < -0.3 is 0 Å². The topological polar surface area (TPSA) is 102 Å². The molecular formula is C38H37N7O2. The van der Waals surface area contributed by atoms with Crippen molar-refractivity contribution in [2.45, 2.75) is 63.6 Å². The second-order valence-corrected chi connectivity index (χ2v) is 12.7. The molecule has 0 saturated carbocycles. The zero-order valence-electron chi connectivity index (χ0n) is 26.5. The van der Waals surface area contributed by atoms with Crippen LogP contribution >= 0.6 is 0 Å². The van der Waals surface area contributed by atoms with E-state index >= 15 is 0 Å². The second kappa shape index (κ2) is 12.3. The van der Waals surface area contributed by atoms with Crippen molar-refractivity contribution < 1.29 is 4.84 Å². The summed E-state index contributed by atoms with van der Waals surface area (Å²) < 4.78 is 1.87. The summed E-state index contributed by atoms with van der Waals surface area (Å²) >= 11 is 0. The van der Waals surface area contributed by atoms with E-state index in [1.165, 1.54) is 0 Å². The monoisotopic (exact) mass is 623 g/mol. The number of aryl methyl sites for hydroxylation is 1. The molecule has 2 aliphatic rings. The van der Waals surface area contributed by atoms with E-state index in [2.05, 4.69) is 93.3 Å². The highest BCUT2D eigenvalue weighted by Gasteiger charge is 2.49. The normalized spacial score (nSPS) is 19.4. The van der Waals surface area contributed by atoms with Crippen molar-refractivity contribution in [3.8, 4) is 22.5 Å². The van der Waals surface area contributed by atoms with Crippen LogP contribution in [0.1, 0.15) is 61.5 Å². The standard InChI is InChI=1S/C38H37N7O2/c1-2-3-15-35-39-34-21-20-29(38(28-10-5-4-6-11-28)24-30-12-9-22-45(30)47-38)23-33(34)37(46)44(35)25-26-16-18-27(19-17-26)31-13-7-8-14-32(31)36-40-42-43-41-36/h4-8,10-11,13-14,16-21,23,30H,2-3,9,12,15,22,24-25H2,1H3,(H,40,41,42,43)/t30-,38-/m1/s1. The first-order valence-electron chi connectivity index (χ1n) is 16.6. The van der Waals surface area contributed by atoms with Crippen LogP contribution in [0, 0.1) is 0 Å². The van der Waals surface area contributed by atoms with Gasteiger partial charge in [-0.25, -0.2) is 10.1 Å². The summed E-state index contributed by atoms with van der Waals surface area (Å²) in [6.45, 7) is 3.54. The van der Waals surface area contributed by atoms with Crippen LogP contribution in [0.25, 0.3) is 33.4 Å². The van der Waals surface area contributed by atoms with Crippen molar-refractivity contribution in [3.63, 3.8) is 0 Å². The summed E-state index contributed by atoms with van der Waals surface area (Å²) in [5, 5.41) is 17.3. The summed E-state index contributed by atoms with van der Waals surface area (Å²) in [7, 11) is 0. The van der Waals surface area contributed by atoms with Gasteiger partial charge in [0.25, 0.3) is 5.56 Å². The van der Waals surface area contributed by atoms with E-state index in [4.69, 9.17) is 9.82 Å². The molecule has 4 heterocycles. The molecule has 0 radical (unpaired) electrons. The summed E-state index contributed by atoms with van der Waals surface area (Å²) in [4.78, 5) is 26.3. The quantitative estimate of drug-likeness (QED) is 0.192. The molecule has 236 valence electrons. The van der Waals surface area contributed by atoms with Gasteiger partial charge in [0.2, 0.25) is 0 Å². The molecule has 2 aromatic heterocycles.